The Bertz CT molecular complexity index is 1070. The summed E-state index contributed by atoms with van der Waals surface area (Å²) in [5.74, 6) is 0. The highest BCUT2D eigenvalue weighted by molar-refractivity contribution is 5.84. The highest BCUT2D eigenvalue weighted by Gasteiger charge is 2.03. The first-order valence-corrected chi connectivity index (χ1v) is 17.1. The number of ether oxygens (including phenoxy) is 4. The van der Waals surface area contributed by atoms with Crippen LogP contribution in [0, 0.1) is 0 Å². The molecule has 0 radical (unpaired) electrons. The van der Waals surface area contributed by atoms with Gasteiger partial charge in [-0.05, 0) is 43.2 Å². The van der Waals surface area contributed by atoms with Crippen LogP contribution >= 0.6 is 0 Å². The third-order valence-corrected chi connectivity index (χ3v) is 6.78. The van der Waals surface area contributed by atoms with Gasteiger partial charge in [-0.3, -0.25) is 9.98 Å². The molecule has 48 heavy (non-hydrogen) atoms. The van der Waals surface area contributed by atoms with Crippen LogP contribution in [-0.4, -0.2) is 103 Å². The van der Waals surface area contributed by atoms with Crippen molar-refractivity contribution in [2.75, 3.05) is 66.2 Å². The molecular weight excluding hydrogens is 620 g/mol. The number of nitrogens with one attached hydrogen (secondary N) is 4. The number of hydrogen-bond donors (Lipinski definition) is 4. The van der Waals surface area contributed by atoms with E-state index in [2.05, 4.69) is 42.9 Å². The Labute approximate surface area is 285 Å². The SMILES string of the molecule is CCCCCOC(=O)NCCCCCCNC(=O)OCC/N=C/c1ccc(/C=N/CCOC(=O)NCCCCCCNC(=O)OC)cc1. The zero-order valence-corrected chi connectivity index (χ0v) is 28.8. The molecule has 0 aliphatic rings. The standard InChI is InChI=1S/C34H56N6O8/c1-3-4-13-24-46-32(42)38-19-10-7-8-12-21-40-34(44)48-26-23-36-28-30-16-14-29(15-17-30)27-35-22-25-47-33(43)39-20-11-6-5-9-18-37-31(41)45-2/h14-17,27-28H,3-13,18-26H2,1-2H3,(H,37,41)(H,38,42)(H,39,43)(H,40,44)/b35-27+,36-28+. The first kappa shape index (κ1) is 41.7. The van der Waals surface area contributed by atoms with Gasteiger partial charge in [-0.2, -0.15) is 0 Å². The zero-order chi connectivity index (χ0) is 34.9. The van der Waals surface area contributed by atoms with Gasteiger partial charge >= 0.3 is 24.4 Å². The van der Waals surface area contributed by atoms with Gasteiger partial charge in [0.1, 0.15) is 13.2 Å². The molecule has 0 unspecified atom stereocenters. The molecule has 4 amide bonds. The van der Waals surface area contributed by atoms with Crippen molar-refractivity contribution in [1.82, 2.24) is 21.3 Å². The summed E-state index contributed by atoms with van der Waals surface area (Å²) < 4.78 is 19.9. The maximum Gasteiger partial charge on any atom is 0.407 e. The van der Waals surface area contributed by atoms with Gasteiger partial charge in [-0.15, -0.1) is 0 Å². The van der Waals surface area contributed by atoms with Crippen molar-refractivity contribution in [2.45, 2.75) is 77.6 Å². The van der Waals surface area contributed by atoms with E-state index in [9.17, 15) is 19.2 Å². The molecule has 0 bridgehead atoms. The van der Waals surface area contributed by atoms with Gasteiger partial charge in [0.05, 0.1) is 26.8 Å². The van der Waals surface area contributed by atoms with E-state index in [-0.39, 0.29) is 19.3 Å². The summed E-state index contributed by atoms with van der Waals surface area (Å²) in [6.07, 6.45) is 12.0. The molecule has 1 aromatic rings. The molecule has 1 aromatic carbocycles. The Kier molecular flexibility index (Phi) is 26.0. The molecule has 0 heterocycles. The smallest absolute Gasteiger partial charge is 0.407 e. The molecule has 0 atom stereocenters. The van der Waals surface area contributed by atoms with Crippen LogP contribution < -0.4 is 21.3 Å². The monoisotopic (exact) mass is 676 g/mol. The van der Waals surface area contributed by atoms with Crippen LogP contribution in [0.15, 0.2) is 34.3 Å². The average molecular weight is 677 g/mol. The molecule has 0 aliphatic heterocycles. The van der Waals surface area contributed by atoms with Crippen LogP contribution in [0.25, 0.3) is 0 Å². The summed E-state index contributed by atoms with van der Waals surface area (Å²) in [6, 6.07) is 7.64. The van der Waals surface area contributed by atoms with Gasteiger partial charge in [0, 0.05) is 38.6 Å². The van der Waals surface area contributed by atoms with Gasteiger partial charge in [0.15, 0.2) is 0 Å². The molecule has 1 rings (SSSR count). The maximum atomic E-state index is 11.8. The Morgan fingerprint density at radius 3 is 1.29 bits per heavy atom. The number of hydrogen-bond acceptors (Lipinski definition) is 10. The first-order valence-electron chi connectivity index (χ1n) is 17.1. The second-order valence-corrected chi connectivity index (χ2v) is 10.9. The van der Waals surface area contributed by atoms with Gasteiger partial charge in [0.2, 0.25) is 0 Å². The van der Waals surface area contributed by atoms with Crippen molar-refractivity contribution >= 4 is 36.8 Å². The number of amides is 4. The van der Waals surface area contributed by atoms with Gasteiger partial charge in [-0.25, -0.2) is 19.2 Å². The Balaban J connectivity index is 2.00. The highest BCUT2D eigenvalue weighted by Crippen LogP contribution is 2.02. The number of carbonyl (C=O) groups is 4. The molecule has 0 spiro atoms. The number of rotatable bonds is 26. The molecule has 0 aromatic heterocycles. The second kappa shape index (κ2) is 30.0. The van der Waals surface area contributed by atoms with E-state index < -0.39 is 18.3 Å². The van der Waals surface area contributed by atoms with E-state index in [0.717, 1.165) is 81.8 Å². The number of nitrogens with zero attached hydrogens (tertiary/aromatic N) is 2. The summed E-state index contributed by atoms with van der Waals surface area (Å²) in [5.41, 5.74) is 1.82. The third-order valence-electron chi connectivity index (χ3n) is 6.78. The largest absolute Gasteiger partial charge is 0.453 e. The fraction of sp³-hybridized carbons (Fsp3) is 0.647. The van der Waals surface area contributed by atoms with Gasteiger partial charge < -0.3 is 40.2 Å². The molecule has 14 nitrogen and oxygen atoms in total. The molecule has 0 saturated heterocycles. The number of benzene rings is 1. The lowest BCUT2D eigenvalue weighted by Crippen LogP contribution is -2.26. The molecule has 4 N–H and O–H groups in total. The van der Waals surface area contributed by atoms with E-state index in [4.69, 9.17) is 14.2 Å². The number of carbonyl (C=O) groups excluding carboxylic acids is 4. The van der Waals surface area contributed by atoms with E-state index in [0.29, 0.717) is 45.9 Å². The first-order chi connectivity index (χ1) is 23.4. The predicted octanol–water partition coefficient (Wildman–Crippen LogP) is 5.37. The Hall–Kier alpha value is -4.36. The van der Waals surface area contributed by atoms with Gasteiger partial charge in [-0.1, -0.05) is 69.7 Å². The summed E-state index contributed by atoms with van der Waals surface area (Å²) >= 11 is 0. The molecular formula is C34H56N6O8. The van der Waals surface area contributed by atoms with Crippen LogP contribution in [0.5, 0.6) is 0 Å². The second-order valence-electron chi connectivity index (χ2n) is 10.9. The average Bonchev–Trinajstić information content (AvgIpc) is 3.09. The number of unbranched alkanes of at least 4 members (excludes halogenated alkanes) is 8. The maximum absolute atomic E-state index is 11.8. The lowest BCUT2D eigenvalue weighted by atomic mass is 10.1. The minimum absolute atomic E-state index is 0.185. The van der Waals surface area contributed by atoms with Gasteiger partial charge in [0.25, 0.3) is 0 Å². The Morgan fingerprint density at radius 2 is 0.917 bits per heavy atom. The molecule has 0 saturated carbocycles. The van der Waals surface area contributed by atoms with Crippen LogP contribution in [0.1, 0.15) is 88.7 Å². The number of aliphatic imine (C=N–C) groups is 2. The zero-order valence-electron chi connectivity index (χ0n) is 28.8. The van der Waals surface area contributed by atoms with E-state index in [1.54, 1.807) is 12.4 Å². The number of alkyl carbamates (subject to hydrolysis) is 4. The molecule has 14 heteroatoms. The summed E-state index contributed by atoms with van der Waals surface area (Å²) in [4.78, 5) is 54.6. The minimum Gasteiger partial charge on any atom is -0.453 e. The summed E-state index contributed by atoms with van der Waals surface area (Å²) in [6.45, 7) is 5.88. The predicted molar refractivity (Wildman–Crippen MR) is 186 cm³/mol. The summed E-state index contributed by atoms with van der Waals surface area (Å²) in [7, 11) is 1.33. The summed E-state index contributed by atoms with van der Waals surface area (Å²) in [5, 5.41) is 10.8. The van der Waals surface area contributed by atoms with Crippen molar-refractivity contribution in [3.8, 4) is 0 Å². The van der Waals surface area contributed by atoms with Crippen LogP contribution in [0.2, 0.25) is 0 Å². The molecule has 0 fully saturated rings. The minimum atomic E-state index is -0.460. The van der Waals surface area contributed by atoms with Crippen molar-refractivity contribution in [1.29, 1.82) is 0 Å². The highest BCUT2D eigenvalue weighted by atomic mass is 16.6. The normalized spacial score (nSPS) is 10.9. The third kappa shape index (κ3) is 25.8. The van der Waals surface area contributed by atoms with E-state index in [1.165, 1.54) is 7.11 Å². The topological polar surface area (TPSA) is 178 Å². The fourth-order valence-corrected chi connectivity index (χ4v) is 4.10. The lowest BCUT2D eigenvalue weighted by molar-refractivity contribution is 0.143. The quantitative estimate of drug-likeness (QED) is 0.0575. The molecule has 0 aliphatic carbocycles. The lowest BCUT2D eigenvalue weighted by Gasteiger charge is -2.07. The van der Waals surface area contributed by atoms with E-state index in [1.807, 2.05) is 24.3 Å². The van der Waals surface area contributed by atoms with Crippen LogP contribution in [-0.2, 0) is 18.9 Å². The van der Waals surface area contributed by atoms with Crippen molar-refractivity contribution in [2.24, 2.45) is 9.98 Å². The van der Waals surface area contributed by atoms with Crippen molar-refractivity contribution < 1.29 is 38.1 Å². The fourth-order valence-electron chi connectivity index (χ4n) is 4.10. The van der Waals surface area contributed by atoms with Crippen molar-refractivity contribution in [3.05, 3.63) is 35.4 Å². The Morgan fingerprint density at radius 1 is 0.542 bits per heavy atom. The van der Waals surface area contributed by atoms with E-state index >= 15 is 0 Å². The molecule has 270 valence electrons. The van der Waals surface area contributed by atoms with Crippen molar-refractivity contribution in [3.63, 3.8) is 0 Å². The van der Waals surface area contributed by atoms with Crippen LogP contribution in [0.3, 0.4) is 0 Å². The number of methoxy groups -OCH3 is 1. The van der Waals surface area contributed by atoms with Crippen LogP contribution in [0.4, 0.5) is 19.2 Å².